The molecule has 3 unspecified atom stereocenters. The fourth-order valence-corrected chi connectivity index (χ4v) is 2.76. The first-order valence-electron chi connectivity index (χ1n) is 7.06. The van der Waals surface area contributed by atoms with Gasteiger partial charge in [-0.15, -0.1) is 0 Å². The normalized spacial score (nSPS) is 29.9. The molecule has 0 aromatic rings. The van der Waals surface area contributed by atoms with Crippen molar-refractivity contribution in [3.05, 3.63) is 0 Å². The van der Waals surface area contributed by atoms with Crippen LogP contribution < -0.4 is 5.32 Å². The zero-order chi connectivity index (χ0) is 12.9. The van der Waals surface area contributed by atoms with Crippen molar-refractivity contribution in [1.29, 1.82) is 5.26 Å². The van der Waals surface area contributed by atoms with Crippen molar-refractivity contribution >= 4 is 0 Å². The van der Waals surface area contributed by atoms with Gasteiger partial charge in [0.25, 0.3) is 0 Å². The Kier molecular flexibility index (Phi) is 5.46. The molecule has 1 fully saturated rings. The standard InChI is InChI=1S/C15H28N2/c1-12-7-5-8-14(13(12)2)17-11-15(3,4)9-6-10-16/h12-14,17H,5-9,11H2,1-4H3. The molecular formula is C15H28N2. The van der Waals surface area contributed by atoms with Crippen LogP contribution in [-0.4, -0.2) is 12.6 Å². The monoisotopic (exact) mass is 236 g/mol. The van der Waals surface area contributed by atoms with Gasteiger partial charge < -0.3 is 5.32 Å². The molecular weight excluding hydrogens is 208 g/mol. The van der Waals surface area contributed by atoms with Gasteiger partial charge in [-0.25, -0.2) is 0 Å². The van der Waals surface area contributed by atoms with Crippen LogP contribution in [0.25, 0.3) is 0 Å². The van der Waals surface area contributed by atoms with Crippen LogP contribution in [0.2, 0.25) is 0 Å². The predicted molar refractivity (Wildman–Crippen MR) is 72.6 cm³/mol. The van der Waals surface area contributed by atoms with E-state index >= 15 is 0 Å². The van der Waals surface area contributed by atoms with Gasteiger partial charge in [0.2, 0.25) is 0 Å². The maximum atomic E-state index is 8.65. The second-order valence-corrected chi connectivity index (χ2v) is 6.58. The Morgan fingerprint density at radius 1 is 1.29 bits per heavy atom. The van der Waals surface area contributed by atoms with Gasteiger partial charge in [0, 0.05) is 19.0 Å². The zero-order valence-electron chi connectivity index (χ0n) is 11.9. The van der Waals surface area contributed by atoms with E-state index in [-0.39, 0.29) is 5.41 Å². The molecule has 1 aliphatic carbocycles. The third-order valence-electron chi connectivity index (χ3n) is 4.46. The number of hydrogen-bond donors (Lipinski definition) is 1. The van der Waals surface area contributed by atoms with E-state index in [1.54, 1.807) is 0 Å². The van der Waals surface area contributed by atoms with Gasteiger partial charge in [-0.1, -0.05) is 40.5 Å². The number of rotatable bonds is 5. The first-order chi connectivity index (χ1) is 7.96. The lowest BCUT2D eigenvalue weighted by atomic mass is 9.77. The molecule has 17 heavy (non-hydrogen) atoms. The van der Waals surface area contributed by atoms with Crippen molar-refractivity contribution in [3.63, 3.8) is 0 Å². The summed E-state index contributed by atoms with van der Waals surface area (Å²) in [4.78, 5) is 0. The predicted octanol–water partition coefficient (Wildman–Crippen LogP) is 3.73. The van der Waals surface area contributed by atoms with E-state index < -0.39 is 0 Å². The Hall–Kier alpha value is -0.550. The highest BCUT2D eigenvalue weighted by atomic mass is 14.9. The van der Waals surface area contributed by atoms with Crippen molar-refractivity contribution in [3.8, 4) is 6.07 Å². The third-order valence-corrected chi connectivity index (χ3v) is 4.46. The summed E-state index contributed by atoms with van der Waals surface area (Å²) >= 11 is 0. The molecule has 0 radical (unpaired) electrons. The molecule has 0 aromatic carbocycles. The molecule has 1 rings (SSSR count). The van der Waals surface area contributed by atoms with Gasteiger partial charge in [0.05, 0.1) is 6.07 Å². The van der Waals surface area contributed by atoms with E-state index in [1.165, 1.54) is 19.3 Å². The fourth-order valence-electron chi connectivity index (χ4n) is 2.76. The Morgan fingerprint density at radius 3 is 2.65 bits per heavy atom. The van der Waals surface area contributed by atoms with E-state index in [9.17, 15) is 0 Å². The molecule has 0 amide bonds. The molecule has 0 bridgehead atoms. The van der Waals surface area contributed by atoms with Crippen molar-refractivity contribution < 1.29 is 0 Å². The maximum absolute atomic E-state index is 8.65. The number of hydrogen-bond acceptors (Lipinski definition) is 2. The second kappa shape index (κ2) is 6.40. The van der Waals surface area contributed by atoms with E-state index in [2.05, 4.69) is 39.1 Å². The van der Waals surface area contributed by atoms with E-state index in [0.29, 0.717) is 12.5 Å². The van der Waals surface area contributed by atoms with E-state index in [1.807, 2.05) is 0 Å². The molecule has 0 saturated heterocycles. The van der Waals surface area contributed by atoms with Gasteiger partial charge in [-0.05, 0) is 30.1 Å². The SMILES string of the molecule is CC1CCCC(NCC(C)(C)CCC#N)C1C. The fraction of sp³-hybridized carbons (Fsp3) is 0.933. The van der Waals surface area contributed by atoms with Crippen molar-refractivity contribution in [2.45, 2.75) is 65.8 Å². The average Bonchev–Trinajstić information content (AvgIpc) is 2.29. The summed E-state index contributed by atoms with van der Waals surface area (Å²) < 4.78 is 0. The average molecular weight is 236 g/mol. The molecule has 3 atom stereocenters. The molecule has 98 valence electrons. The van der Waals surface area contributed by atoms with Crippen LogP contribution in [-0.2, 0) is 0 Å². The lowest BCUT2D eigenvalue weighted by Crippen LogP contribution is -2.44. The second-order valence-electron chi connectivity index (χ2n) is 6.58. The number of nitrogens with one attached hydrogen (secondary N) is 1. The van der Waals surface area contributed by atoms with Gasteiger partial charge in [0.1, 0.15) is 0 Å². The van der Waals surface area contributed by atoms with Crippen molar-refractivity contribution in [1.82, 2.24) is 5.32 Å². The first kappa shape index (κ1) is 14.5. The highest BCUT2D eigenvalue weighted by molar-refractivity contribution is 4.85. The van der Waals surface area contributed by atoms with E-state index in [4.69, 9.17) is 5.26 Å². The Bertz CT molecular complexity index is 265. The van der Waals surface area contributed by atoms with Gasteiger partial charge in [-0.3, -0.25) is 0 Å². The summed E-state index contributed by atoms with van der Waals surface area (Å²) in [7, 11) is 0. The molecule has 1 saturated carbocycles. The summed E-state index contributed by atoms with van der Waals surface area (Å²) in [6, 6.07) is 2.93. The lowest BCUT2D eigenvalue weighted by molar-refractivity contribution is 0.185. The molecule has 0 heterocycles. The third kappa shape index (κ3) is 4.68. The van der Waals surface area contributed by atoms with Crippen LogP contribution in [0.1, 0.15) is 59.8 Å². The van der Waals surface area contributed by atoms with Crippen LogP contribution >= 0.6 is 0 Å². The summed E-state index contributed by atoms with van der Waals surface area (Å²) in [5, 5.41) is 12.4. The highest BCUT2D eigenvalue weighted by Gasteiger charge is 2.28. The van der Waals surface area contributed by atoms with Crippen LogP contribution in [0.4, 0.5) is 0 Å². The molecule has 0 aromatic heterocycles. The number of nitrogens with zero attached hydrogens (tertiary/aromatic N) is 1. The van der Waals surface area contributed by atoms with E-state index in [0.717, 1.165) is 24.8 Å². The van der Waals surface area contributed by atoms with Crippen LogP contribution in [0.3, 0.4) is 0 Å². The Balaban J connectivity index is 2.36. The van der Waals surface area contributed by atoms with Crippen LogP contribution in [0, 0.1) is 28.6 Å². The van der Waals surface area contributed by atoms with Gasteiger partial charge in [0.15, 0.2) is 0 Å². The van der Waals surface area contributed by atoms with Crippen LogP contribution in [0.5, 0.6) is 0 Å². The molecule has 2 nitrogen and oxygen atoms in total. The summed E-state index contributed by atoms with van der Waals surface area (Å²) in [6.07, 6.45) is 5.73. The Labute approximate surface area is 107 Å². The van der Waals surface area contributed by atoms with Crippen molar-refractivity contribution in [2.75, 3.05) is 6.54 Å². The Morgan fingerprint density at radius 2 is 2.00 bits per heavy atom. The minimum atomic E-state index is 0.246. The molecule has 0 spiro atoms. The van der Waals surface area contributed by atoms with Gasteiger partial charge in [-0.2, -0.15) is 5.26 Å². The zero-order valence-corrected chi connectivity index (χ0v) is 11.9. The summed E-state index contributed by atoms with van der Waals surface area (Å²) in [6.45, 7) is 10.3. The number of nitriles is 1. The highest BCUT2D eigenvalue weighted by Crippen LogP contribution is 2.30. The van der Waals surface area contributed by atoms with Crippen molar-refractivity contribution in [2.24, 2.45) is 17.3 Å². The summed E-state index contributed by atoms with van der Waals surface area (Å²) in [5.41, 5.74) is 0.246. The maximum Gasteiger partial charge on any atom is 0.0621 e. The minimum Gasteiger partial charge on any atom is -0.313 e. The topological polar surface area (TPSA) is 35.8 Å². The van der Waals surface area contributed by atoms with Crippen LogP contribution in [0.15, 0.2) is 0 Å². The molecule has 1 N–H and O–H groups in total. The smallest absolute Gasteiger partial charge is 0.0621 e. The molecule has 1 aliphatic rings. The largest absolute Gasteiger partial charge is 0.313 e. The first-order valence-corrected chi connectivity index (χ1v) is 7.06. The quantitative estimate of drug-likeness (QED) is 0.789. The molecule has 0 aliphatic heterocycles. The summed E-state index contributed by atoms with van der Waals surface area (Å²) in [5.74, 6) is 1.64. The minimum absolute atomic E-state index is 0.246. The van der Waals surface area contributed by atoms with Gasteiger partial charge >= 0.3 is 0 Å². The molecule has 2 heteroatoms. The lowest BCUT2D eigenvalue weighted by Gasteiger charge is -2.37.